The van der Waals surface area contributed by atoms with Crippen LogP contribution in [0.1, 0.15) is 60.3 Å². The topological polar surface area (TPSA) is 20.2 Å². The lowest BCUT2D eigenvalue weighted by Crippen LogP contribution is -2.19. The van der Waals surface area contributed by atoms with Crippen molar-refractivity contribution in [2.45, 2.75) is 66.4 Å². The van der Waals surface area contributed by atoms with Gasteiger partial charge in [-0.05, 0) is 30.6 Å². The van der Waals surface area contributed by atoms with Crippen molar-refractivity contribution in [3.8, 4) is 0 Å². The van der Waals surface area contributed by atoms with E-state index in [-0.39, 0.29) is 6.10 Å². The van der Waals surface area contributed by atoms with E-state index < -0.39 is 0 Å². The van der Waals surface area contributed by atoms with Crippen LogP contribution < -0.4 is 0 Å². The van der Waals surface area contributed by atoms with E-state index in [0.717, 1.165) is 12.8 Å². The molecular formula is C12H26O. The molecule has 80 valence electrons. The highest BCUT2D eigenvalue weighted by Gasteiger charge is 2.19. The van der Waals surface area contributed by atoms with Crippen molar-refractivity contribution in [1.29, 1.82) is 0 Å². The summed E-state index contributed by atoms with van der Waals surface area (Å²) in [6.07, 6.45) is 4.38. The lowest BCUT2D eigenvalue weighted by Gasteiger charge is -2.26. The van der Waals surface area contributed by atoms with Gasteiger partial charge in [0.25, 0.3) is 0 Å². The molecule has 0 saturated carbocycles. The highest BCUT2D eigenvalue weighted by Crippen LogP contribution is 2.29. The molecule has 0 heterocycles. The van der Waals surface area contributed by atoms with Gasteiger partial charge in [-0.1, -0.05) is 41.0 Å². The minimum atomic E-state index is -0.104. The van der Waals surface area contributed by atoms with Crippen LogP contribution in [0.5, 0.6) is 0 Å². The third-order valence-electron chi connectivity index (χ3n) is 3.31. The minimum absolute atomic E-state index is 0.104. The second-order valence-corrected chi connectivity index (χ2v) is 5.01. The summed E-state index contributed by atoms with van der Waals surface area (Å²) in [5.41, 5.74) is 0.446. The van der Waals surface area contributed by atoms with Crippen LogP contribution >= 0.6 is 0 Å². The molecular weight excluding hydrogens is 160 g/mol. The van der Waals surface area contributed by atoms with Gasteiger partial charge in [0.1, 0.15) is 0 Å². The molecule has 0 aliphatic heterocycles. The zero-order valence-corrected chi connectivity index (χ0v) is 9.93. The maximum atomic E-state index is 9.60. The van der Waals surface area contributed by atoms with E-state index in [2.05, 4.69) is 27.7 Å². The predicted molar refractivity (Wildman–Crippen MR) is 58.8 cm³/mol. The number of aliphatic hydroxyl groups is 1. The molecule has 1 nitrogen and oxygen atoms in total. The van der Waals surface area contributed by atoms with Crippen LogP contribution in [0.25, 0.3) is 0 Å². The Kier molecular flexibility index (Phi) is 5.62. The zero-order valence-electron chi connectivity index (χ0n) is 9.93. The molecule has 0 aromatic heterocycles. The Balaban J connectivity index is 3.75. The fourth-order valence-corrected chi connectivity index (χ4v) is 1.39. The van der Waals surface area contributed by atoms with Crippen molar-refractivity contribution in [2.75, 3.05) is 0 Å². The van der Waals surface area contributed by atoms with Crippen molar-refractivity contribution in [3.63, 3.8) is 0 Å². The van der Waals surface area contributed by atoms with E-state index in [1.165, 1.54) is 12.8 Å². The molecule has 0 saturated heterocycles. The molecule has 0 amide bonds. The average Bonchev–Trinajstić information content (AvgIpc) is 2.13. The Morgan fingerprint density at radius 2 is 1.77 bits per heavy atom. The summed E-state index contributed by atoms with van der Waals surface area (Å²) >= 11 is 0. The summed E-state index contributed by atoms with van der Waals surface area (Å²) < 4.78 is 0. The Hall–Kier alpha value is -0.0400. The van der Waals surface area contributed by atoms with E-state index in [9.17, 15) is 5.11 Å². The van der Waals surface area contributed by atoms with Crippen LogP contribution in [0.15, 0.2) is 0 Å². The molecule has 1 heteroatoms. The van der Waals surface area contributed by atoms with Gasteiger partial charge in [0, 0.05) is 0 Å². The monoisotopic (exact) mass is 186 g/mol. The summed E-state index contributed by atoms with van der Waals surface area (Å²) in [6, 6.07) is 0. The Bertz CT molecular complexity index is 129. The summed E-state index contributed by atoms with van der Waals surface area (Å²) in [7, 11) is 0. The quantitative estimate of drug-likeness (QED) is 0.672. The first kappa shape index (κ1) is 13.0. The number of rotatable bonds is 6. The van der Waals surface area contributed by atoms with Gasteiger partial charge in [-0.25, -0.2) is 0 Å². The minimum Gasteiger partial charge on any atom is -0.393 e. The lowest BCUT2D eigenvalue weighted by molar-refractivity contribution is 0.0989. The van der Waals surface area contributed by atoms with Gasteiger partial charge in [0.05, 0.1) is 6.10 Å². The average molecular weight is 186 g/mol. The van der Waals surface area contributed by atoms with Crippen molar-refractivity contribution in [3.05, 3.63) is 0 Å². The Morgan fingerprint density at radius 1 is 1.23 bits per heavy atom. The predicted octanol–water partition coefficient (Wildman–Crippen LogP) is 3.61. The number of hydrogen-bond donors (Lipinski definition) is 1. The van der Waals surface area contributed by atoms with Crippen LogP contribution in [0.2, 0.25) is 0 Å². The molecule has 0 rings (SSSR count). The first-order chi connectivity index (χ1) is 5.93. The molecule has 2 unspecified atom stereocenters. The van der Waals surface area contributed by atoms with E-state index in [0.29, 0.717) is 11.3 Å². The largest absolute Gasteiger partial charge is 0.393 e. The molecule has 0 radical (unpaired) electrons. The Morgan fingerprint density at radius 3 is 2.15 bits per heavy atom. The molecule has 0 aliphatic rings. The SMILES string of the molecule is CCC(O)C(C)CCC(C)(C)CC. The molecule has 0 bridgehead atoms. The highest BCUT2D eigenvalue weighted by atomic mass is 16.3. The van der Waals surface area contributed by atoms with Crippen LogP contribution in [0.4, 0.5) is 0 Å². The normalized spacial score (nSPS) is 17.1. The molecule has 0 aromatic carbocycles. The first-order valence-electron chi connectivity index (χ1n) is 5.61. The highest BCUT2D eigenvalue weighted by molar-refractivity contribution is 4.70. The molecule has 13 heavy (non-hydrogen) atoms. The van der Waals surface area contributed by atoms with Gasteiger partial charge >= 0.3 is 0 Å². The van der Waals surface area contributed by atoms with Gasteiger partial charge < -0.3 is 5.11 Å². The van der Waals surface area contributed by atoms with Gasteiger partial charge in [-0.15, -0.1) is 0 Å². The third-order valence-corrected chi connectivity index (χ3v) is 3.31. The number of aliphatic hydroxyl groups excluding tert-OH is 1. The summed E-state index contributed by atoms with van der Waals surface area (Å²) in [4.78, 5) is 0. The maximum Gasteiger partial charge on any atom is 0.0563 e. The summed E-state index contributed by atoms with van der Waals surface area (Å²) in [5.74, 6) is 0.454. The van der Waals surface area contributed by atoms with E-state index in [4.69, 9.17) is 0 Å². The molecule has 0 aliphatic carbocycles. The fourth-order valence-electron chi connectivity index (χ4n) is 1.39. The smallest absolute Gasteiger partial charge is 0.0563 e. The van der Waals surface area contributed by atoms with Crippen molar-refractivity contribution in [1.82, 2.24) is 0 Å². The second-order valence-electron chi connectivity index (χ2n) is 5.01. The molecule has 1 N–H and O–H groups in total. The van der Waals surface area contributed by atoms with Gasteiger partial charge in [0.15, 0.2) is 0 Å². The zero-order chi connectivity index (χ0) is 10.5. The first-order valence-corrected chi connectivity index (χ1v) is 5.61. The van der Waals surface area contributed by atoms with Crippen molar-refractivity contribution >= 4 is 0 Å². The standard InChI is InChI=1S/C12H26O/c1-6-11(13)10(3)8-9-12(4,5)7-2/h10-11,13H,6-9H2,1-5H3. The second kappa shape index (κ2) is 5.64. The fraction of sp³-hybridized carbons (Fsp3) is 1.00. The van der Waals surface area contributed by atoms with Crippen molar-refractivity contribution < 1.29 is 5.11 Å². The maximum absolute atomic E-state index is 9.60. The molecule has 0 fully saturated rings. The van der Waals surface area contributed by atoms with Crippen LogP contribution in [0.3, 0.4) is 0 Å². The van der Waals surface area contributed by atoms with Gasteiger partial charge in [0.2, 0.25) is 0 Å². The third kappa shape index (κ3) is 5.30. The van der Waals surface area contributed by atoms with E-state index in [1.807, 2.05) is 6.92 Å². The number of hydrogen-bond acceptors (Lipinski definition) is 1. The summed E-state index contributed by atoms with van der Waals surface area (Å²) in [5, 5.41) is 9.60. The summed E-state index contributed by atoms with van der Waals surface area (Å²) in [6.45, 7) is 11.0. The van der Waals surface area contributed by atoms with E-state index in [1.54, 1.807) is 0 Å². The molecule has 0 spiro atoms. The Labute approximate surface area is 83.5 Å². The lowest BCUT2D eigenvalue weighted by atomic mass is 9.81. The van der Waals surface area contributed by atoms with Gasteiger partial charge in [-0.2, -0.15) is 0 Å². The molecule has 0 aromatic rings. The van der Waals surface area contributed by atoms with Gasteiger partial charge in [-0.3, -0.25) is 0 Å². The van der Waals surface area contributed by atoms with Crippen LogP contribution in [0, 0.1) is 11.3 Å². The van der Waals surface area contributed by atoms with Crippen LogP contribution in [-0.2, 0) is 0 Å². The molecule has 2 atom stereocenters. The van der Waals surface area contributed by atoms with E-state index >= 15 is 0 Å². The van der Waals surface area contributed by atoms with Crippen LogP contribution in [-0.4, -0.2) is 11.2 Å². The van der Waals surface area contributed by atoms with Crippen molar-refractivity contribution in [2.24, 2.45) is 11.3 Å².